The van der Waals surface area contributed by atoms with Crippen LogP contribution < -0.4 is 4.74 Å². The Kier molecular flexibility index (Phi) is 4.69. The zero-order valence-corrected chi connectivity index (χ0v) is 9.96. The molecule has 0 unspecified atom stereocenters. The molecule has 0 aliphatic carbocycles. The van der Waals surface area contributed by atoms with E-state index in [1.165, 1.54) is 12.1 Å². The van der Waals surface area contributed by atoms with Crippen molar-refractivity contribution >= 4 is 5.97 Å². The second-order valence-corrected chi connectivity index (χ2v) is 3.52. The van der Waals surface area contributed by atoms with E-state index in [1.807, 2.05) is 0 Å². The van der Waals surface area contributed by atoms with E-state index in [0.717, 1.165) is 0 Å². The van der Waals surface area contributed by atoms with Gasteiger partial charge in [0, 0.05) is 0 Å². The van der Waals surface area contributed by atoms with E-state index in [2.05, 4.69) is 6.58 Å². The van der Waals surface area contributed by atoms with Crippen molar-refractivity contribution in [3.63, 3.8) is 0 Å². The standard InChI is InChI=1S/C13H15FO3/c1-4-16-13(15)10(3)8-17-11-5-6-12(14)9(2)7-11/h5-7H,3-4,8H2,1-2H3. The predicted molar refractivity (Wildman–Crippen MR) is 62.4 cm³/mol. The summed E-state index contributed by atoms with van der Waals surface area (Å²) in [6.45, 7) is 7.24. The Balaban J connectivity index is 2.53. The number of esters is 1. The summed E-state index contributed by atoms with van der Waals surface area (Å²) < 4.78 is 23.0. The second-order valence-electron chi connectivity index (χ2n) is 3.52. The van der Waals surface area contributed by atoms with Crippen LogP contribution in [0.3, 0.4) is 0 Å². The molecular formula is C13H15FO3. The Labute approximate surface area is 99.9 Å². The van der Waals surface area contributed by atoms with Crippen molar-refractivity contribution < 1.29 is 18.7 Å². The normalized spacial score (nSPS) is 9.82. The maximum Gasteiger partial charge on any atom is 0.336 e. The van der Waals surface area contributed by atoms with Crippen LogP contribution in [-0.2, 0) is 9.53 Å². The van der Waals surface area contributed by atoms with Gasteiger partial charge in [0.15, 0.2) is 0 Å². The smallest absolute Gasteiger partial charge is 0.336 e. The van der Waals surface area contributed by atoms with Crippen LogP contribution in [0.1, 0.15) is 12.5 Å². The maximum absolute atomic E-state index is 13.0. The molecule has 1 rings (SSSR count). The molecule has 17 heavy (non-hydrogen) atoms. The minimum Gasteiger partial charge on any atom is -0.489 e. The van der Waals surface area contributed by atoms with Crippen LogP contribution in [0.25, 0.3) is 0 Å². The quantitative estimate of drug-likeness (QED) is 0.584. The number of hydrogen-bond acceptors (Lipinski definition) is 3. The van der Waals surface area contributed by atoms with Crippen molar-refractivity contribution in [1.29, 1.82) is 0 Å². The average molecular weight is 238 g/mol. The first kappa shape index (κ1) is 13.2. The van der Waals surface area contributed by atoms with Gasteiger partial charge in [-0.25, -0.2) is 9.18 Å². The third-order valence-electron chi connectivity index (χ3n) is 2.11. The molecule has 92 valence electrons. The van der Waals surface area contributed by atoms with Gasteiger partial charge in [0.2, 0.25) is 0 Å². The summed E-state index contributed by atoms with van der Waals surface area (Å²) in [7, 11) is 0. The summed E-state index contributed by atoms with van der Waals surface area (Å²) in [6, 6.07) is 4.38. The average Bonchev–Trinajstić information content (AvgIpc) is 2.30. The number of carbonyl (C=O) groups excluding carboxylic acids is 1. The Morgan fingerprint density at radius 1 is 1.47 bits per heavy atom. The summed E-state index contributed by atoms with van der Waals surface area (Å²) >= 11 is 0. The predicted octanol–water partition coefficient (Wildman–Crippen LogP) is 2.63. The van der Waals surface area contributed by atoms with Gasteiger partial charge < -0.3 is 9.47 Å². The van der Waals surface area contributed by atoms with Crippen molar-refractivity contribution in [1.82, 2.24) is 0 Å². The van der Waals surface area contributed by atoms with Crippen LogP contribution in [0, 0.1) is 12.7 Å². The van der Waals surface area contributed by atoms with Gasteiger partial charge in [-0.05, 0) is 37.6 Å². The summed E-state index contributed by atoms with van der Waals surface area (Å²) in [5.74, 6) is -0.276. The fourth-order valence-corrected chi connectivity index (χ4v) is 1.17. The molecule has 0 bridgehead atoms. The number of rotatable bonds is 5. The molecule has 0 aliphatic heterocycles. The van der Waals surface area contributed by atoms with Crippen molar-refractivity contribution in [2.45, 2.75) is 13.8 Å². The Bertz CT molecular complexity index is 427. The van der Waals surface area contributed by atoms with E-state index in [4.69, 9.17) is 9.47 Å². The minimum absolute atomic E-state index is 0.0317. The highest BCUT2D eigenvalue weighted by Gasteiger charge is 2.08. The molecule has 0 fully saturated rings. The lowest BCUT2D eigenvalue weighted by Crippen LogP contribution is -2.13. The van der Waals surface area contributed by atoms with Gasteiger partial charge in [-0.15, -0.1) is 0 Å². The third kappa shape index (κ3) is 3.90. The molecular weight excluding hydrogens is 223 g/mol. The van der Waals surface area contributed by atoms with Crippen LogP contribution >= 0.6 is 0 Å². The van der Waals surface area contributed by atoms with Gasteiger partial charge in [0.1, 0.15) is 18.2 Å². The van der Waals surface area contributed by atoms with Gasteiger partial charge in [-0.3, -0.25) is 0 Å². The molecule has 1 aromatic rings. The zero-order chi connectivity index (χ0) is 12.8. The first-order valence-corrected chi connectivity index (χ1v) is 5.28. The first-order valence-electron chi connectivity index (χ1n) is 5.28. The number of halogens is 1. The number of hydrogen-bond donors (Lipinski definition) is 0. The van der Waals surface area contributed by atoms with Crippen LogP contribution in [0.4, 0.5) is 4.39 Å². The van der Waals surface area contributed by atoms with E-state index >= 15 is 0 Å². The van der Waals surface area contributed by atoms with E-state index in [-0.39, 0.29) is 18.0 Å². The van der Waals surface area contributed by atoms with Crippen molar-refractivity contribution in [2.75, 3.05) is 13.2 Å². The van der Waals surface area contributed by atoms with E-state index in [1.54, 1.807) is 19.9 Å². The lowest BCUT2D eigenvalue weighted by molar-refractivity contribution is -0.138. The Morgan fingerprint density at radius 2 is 2.18 bits per heavy atom. The Hall–Kier alpha value is -1.84. The molecule has 0 saturated carbocycles. The van der Waals surface area contributed by atoms with Gasteiger partial charge in [-0.1, -0.05) is 6.58 Å². The van der Waals surface area contributed by atoms with Gasteiger partial charge in [-0.2, -0.15) is 0 Å². The maximum atomic E-state index is 13.0. The highest BCUT2D eigenvalue weighted by molar-refractivity contribution is 5.88. The molecule has 0 spiro atoms. The molecule has 0 N–H and O–H groups in total. The fourth-order valence-electron chi connectivity index (χ4n) is 1.17. The molecule has 3 nitrogen and oxygen atoms in total. The highest BCUT2D eigenvalue weighted by Crippen LogP contribution is 2.16. The molecule has 0 saturated heterocycles. The number of ether oxygens (including phenoxy) is 2. The van der Waals surface area contributed by atoms with Crippen LogP contribution in [0.5, 0.6) is 5.75 Å². The van der Waals surface area contributed by atoms with Crippen LogP contribution in [-0.4, -0.2) is 19.2 Å². The van der Waals surface area contributed by atoms with Crippen LogP contribution in [0.15, 0.2) is 30.4 Å². The summed E-state index contributed by atoms with van der Waals surface area (Å²) in [4.78, 5) is 11.2. The molecule has 4 heteroatoms. The summed E-state index contributed by atoms with van der Waals surface area (Å²) in [5, 5.41) is 0. The number of aryl methyl sites for hydroxylation is 1. The Morgan fingerprint density at radius 3 is 2.76 bits per heavy atom. The summed E-state index contributed by atoms with van der Waals surface area (Å²) in [5.41, 5.74) is 0.720. The van der Waals surface area contributed by atoms with Gasteiger partial charge in [0.05, 0.1) is 12.2 Å². The molecule has 0 atom stereocenters. The monoisotopic (exact) mass is 238 g/mol. The molecule has 1 aromatic carbocycles. The topological polar surface area (TPSA) is 35.5 Å². The molecule has 0 amide bonds. The minimum atomic E-state index is -0.480. The largest absolute Gasteiger partial charge is 0.489 e. The summed E-state index contributed by atoms with van der Waals surface area (Å²) in [6.07, 6.45) is 0. The zero-order valence-electron chi connectivity index (χ0n) is 9.96. The van der Waals surface area contributed by atoms with E-state index in [9.17, 15) is 9.18 Å². The molecule has 0 heterocycles. The third-order valence-corrected chi connectivity index (χ3v) is 2.11. The SMILES string of the molecule is C=C(COc1ccc(F)c(C)c1)C(=O)OCC. The highest BCUT2D eigenvalue weighted by atomic mass is 19.1. The number of benzene rings is 1. The fraction of sp³-hybridized carbons (Fsp3) is 0.308. The first-order chi connectivity index (χ1) is 8.04. The second kappa shape index (κ2) is 6.03. The van der Waals surface area contributed by atoms with Crippen molar-refractivity contribution in [2.24, 2.45) is 0 Å². The van der Waals surface area contributed by atoms with Gasteiger partial charge in [0.25, 0.3) is 0 Å². The lowest BCUT2D eigenvalue weighted by atomic mass is 10.2. The van der Waals surface area contributed by atoms with Crippen molar-refractivity contribution in [3.8, 4) is 5.75 Å². The molecule has 0 aromatic heterocycles. The molecule has 0 aliphatic rings. The van der Waals surface area contributed by atoms with E-state index < -0.39 is 5.97 Å². The van der Waals surface area contributed by atoms with Gasteiger partial charge >= 0.3 is 5.97 Å². The van der Waals surface area contributed by atoms with Crippen LogP contribution in [0.2, 0.25) is 0 Å². The number of carbonyl (C=O) groups is 1. The van der Waals surface area contributed by atoms with E-state index in [0.29, 0.717) is 17.9 Å². The molecule has 0 radical (unpaired) electrons. The lowest BCUT2D eigenvalue weighted by Gasteiger charge is -2.08. The van der Waals surface area contributed by atoms with Crippen molar-refractivity contribution in [3.05, 3.63) is 41.7 Å².